The summed E-state index contributed by atoms with van der Waals surface area (Å²) in [6, 6.07) is 3.19. The fourth-order valence-corrected chi connectivity index (χ4v) is 2.05. The van der Waals surface area contributed by atoms with E-state index in [4.69, 9.17) is 0 Å². The van der Waals surface area contributed by atoms with Gasteiger partial charge in [0.1, 0.15) is 11.4 Å². The molecule has 0 saturated carbocycles. The largest absolute Gasteiger partial charge is 0.372 e. The molecule has 1 unspecified atom stereocenters. The third-order valence-corrected chi connectivity index (χ3v) is 3.25. The van der Waals surface area contributed by atoms with E-state index in [9.17, 15) is 9.59 Å². The molecular formula is C15H13N5O2. The van der Waals surface area contributed by atoms with Crippen LogP contribution >= 0.6 is 0 Å². The number of nitrogens with zero attached hydrogens (tertiary/aromatic N) is 3. The van der Waals surface area contributed by atoms with Gasteiger partial charge in [0.25, 0.3) is 10.9 Å². The number of anilines is 3. The first kappa shape index (κ1) is 13.9. The van der Waals surface area contributed by atoms with E-state index in [0.717, 1.165) is 0 Å². The quantitative estimate of drug-likeness (QED) is 0.686. The van der Waals surface area contributed by atoms with Gasteiger partial charge in [0.15, 0.2) is 0 Å². The topological polar surface area (TPSA) is 96.9 Å². The maximum atomic E-state index is 11.8. The molecule has 1 aromatic carbocycles. The van der Waals surface area contributed by atoms with Crippen LogP contribution in [0.3, 0.4) is 0 Å². The van der Waals surface area contributed by atoms with Crippen molar-refractivity contribution in [3.8, 4) is 0 Å². The molecule has 0 aliphatic carbocycles. The molecule has 0 radical (unpaired) electrons. The minimum Gasteiger partial charge on any atom is -0.372 e. The van der Waals surface area contributed by atoms with Gasteiger partial charge in [-0.25, -0.2) is 0 Å². The summed E-state index contributed by atoms with van der Waals surface area (Å²) in [7, 11) is 0. The lowest BCUT2D eigenvalue weighted by Gasteiger charge is -2.19. The smallest absolute Gasteiger partial charge is 0.253 e. The molecule has 3 aromatic rings. The second-order valence-electron chi connectivity index (χ2n) is 4.77. The third kappa shape index (κ3) is 2.56. The summed E-state index contributed by atoms with van der Waals surface area (Å²) in [5.74, 6) is 0. The van der Waals surface area contributed by atoms with Crippen LogP contribution in [0.5, 0.6) is 0 Å². The van der Waals surface area contributed by atoms with Gasteiger partial charge in [0, 0.05) is 30.5 Å². The molecule has 2 N–H and O–H groups in total. The van der Waals surface area contributed by atoms with Crippen LogP contribution in [0, 0.1) is 0 Å². The SMILES string of the molecule is CC(Nc1c(Nc2ccncc2)c(=O)c1=O)c1cnccn1. The zero-order valence-corrected chi connectivity index (χ0v) is 11.8. The predicted molar refractivity (Wildman–Crippen MR) is 82.9 cm³/mol. The number of nitrogens with one attached hydrogen (secondary N) is 2. The molecule has 7 nitrogen and oxygen atoms in total. The van der Waals surface area contributed by atoms with Gasteiger partial charge in [-0.05, 0) is 19.1 Å². The molecule has 22 heavy (non-hydrogen) atoms. The minimum atomic E-state index is -0.536. The van der Waals surface area contributed by atoms with Gasteiger partial charge in [0.05, 0.1) is 17.9 Å². The maximum Gasteiger partial charge on any atom is 0.253 e. The predicted octanol–water partition coefficient (Wildman–Crippen LogP) is 1.38. The van der Waals surface area contributed by atoms with Gasteiger partial charge >= 0.3 is 0 Å². The fraction of sp³-hybridized carbons (Fsp3) is 0.133. The summed E-state index contributed by atoms with van der Waals surface area (Å²) in [4.78, 5) is 35.6. The number of aromatic nitrogens is 3. The van der Waals surface area contributed by atoms with Crippen LogP contribution in [0.15, 0.2) is 52.7 Å². The zero-order valence-electron chi connectivity index (χ0n) is 11.8. The molecule has 2 aromatic heterocycles. The van der Waals surface area contributed by atoms with Gasteiger partial charge in [0.2, 0.25) is 0 Å². The van der Waals surface area contributed by atoms with Crippen molar-refractivity contribution in [3.05, 3.63) is 69.3 Å². The summed E-state index contributed by atoms with van der Waals surface area (Å²) in [5, 5.41) is 5.95. The van der Waals surface area contributed by atoms with Gasteiger partial charge in [-0.2, -0.15) is 0 Å². The highest BCUT2D eigenvalue weighted by atomic mass is 16.2. The van der Waals surface area contributed by atoms with Crippen molar-refractivity contribution in [1.29, 1.82) is 0 Å². The van der Waals surface area contributed by atoms with Crippen LogP contribution in [0.4, 0.5) is 17.1 Å². The van der Waals surface area contributed by atoms with Crippen LogP contribution in [0.1, 0.15) is 18.7 Å². The molecule has 3 rings (SSSR count). The van der Waals surface area contributed by atoms with Crippen LogP contribution in [0.2, 0.25) is 0 Å². The normalized spacial score (nSPS) is 12.0. The number of hydrogen-bond donors (Lipinski definition) is 2. The highest BCUT2D eigenvalue weighted by Gasteiger charge is 2.23. The molecule has 7 heteroatoms. The van der Waals surface area contributed by atoms with Crippen molar-refractivity contribution in [1.82, 2.24) is 15.0 Å². The second kappa shape index (κ2) is 5.72. The fourth-order valence-electron chi connectivity index (χ4n) is 2.05. The van der Waals surface area contributed by atoms with Gasteiger partial charge in [-0.15, -0.1) is 0 Å². The van der Waals surface area contributed by atoms with Crippen molar-refractivity contribution in [3.63, 3.8) is 0 Å². The Hall–Kier alpha value is -3.09. The first-order valence-electron chi connectivity index (χ1n) is 6.69. The van der Waals surface area contributed by atoms with Crippen molar-refractivity contribution in [2.45, 2.75) is 13.0 Å². The van der Waals surface area contributed by atoms with Crippen LogP contribution in [0.25, 0.3) is 0 Å². The lowest BCUT2D eigenvalue weighted by atomic mass is 10.1. The van der Waals surface area contributed by atoms with Gasteiger partial charge < -0.3 is 10.6 Å². The summed E-state index contributed by atoms with van der Waals surface area (Å²) < 4.78 is 0. The third-order valence-electron chi connectivity index (χ3n) is 3.25. The second-order valence-corrected chi connectivity index (χ2v) is 4.77. The molecule has 0 aliphatic heterocycles. The summed E-state index contributed by atoms with van der Waals surface area (Å²) in [6.07, 6.45) is 7.96. The van der Waals surface area contributed by atoms with E-state index in [-0.39, 0.29) is 17.4 Å². The summed E-state index contributed by atoms with van der Waals surface area (Å²) in [6.45, 7) is 1.84. The Morgan fingerprint density at radius 2 is 1.68 bits per heavy atom. The van der Waals surface area contributed by atoms with Crippen LogP contribution in [-0.4, -0.2) is 15.0 Å². The number of rotatable bonds is 5. The van der Waals surface area contributed by atoms with E-state index in [2.05, 4.69) is 25.6 Å². The Labute approximate surface area is 125 Å². The van der Waals surface area contributed by atoms with E-state index in [0.29, 0.717) is 11.4 Å². The Kier molecular flexibility index (Phi) is 3.61. The van der Waals surface area contributed by atoms with E-state index < -0.39 is 10.9 Å². The first-order chi connectivity index (χ1) is 10.7. The Bertz CT molecular complexity index is 841. The monoisotopic (exact) mass is 295 g/mol. The molecule has 0 amide bonds. The Morgan fingerprint density at radius 1 is 0.955 bits per heavy atom. The average molecular weight is 295 g/mol. The molecule has 0 saturated heterocycles. The molecule has 0 fully saturated rings. The average Bonchev–Trinajstić information content (AvgIpc) is 2.59. The van der Waals surface area contributed by atoms with Crippen molar-refractivity contribution in [2.75, 3.05) is 10.6 Å². The van der Waals surface area contributed by atoms with E-state index in [1.165, 1.54) is 0 Å². The summed E-state index contributed by atoms with van der Waals surface area (Å²) >= 11 is 0. The van der Waals surface area contributed by atoms with E-state index in [1.807, 2.05) is 6.92 Å². The maximum absolute atomic E-state index is 11.8. The lowest BCUT2D eigenvalue weighted by Crippen LogP contribution is -2.37. The van der Waals surface area contributed by atoms with Gasteiger partial charge in [-0.3, -0.25) is 24.5 Å². The molecule has 0 bridgehead atoms. The Balaban J connectivity index is 1.82. The highest BCUT2D eigenvalue weighted by molar-refractivity contribution is 5.78. The minimum absolute atomic E-state index is 0.241. The zero-order chi connectivity index (χ0) is 15.5. The van der Waals surface area contributed by atoms with Gasteiger partial charge in [-0.1, -0.05) is 0 Å². The molecule has 0 aliphatic rings. The molecule has 1 atom stereocenters. The Morgan fingerprint density at radius 3 is 2.36 bits per heavy atom. The van der Waals surface area contributed by atoms with Crippen LogP contribution < -0.4 is 21.5 Å². The lowest BCUT2D eigenvalue weighted by molar-refractivity contribution is 0.824. The molecule has 110 valence electrons. The van der Waals surface area contributed by atoms with Crippen molar-refractivity contribution < 1.29 is 0 Å². The molecule has 2 heterocycles. The van der Waals surface area contributed by atoms with Crippen molar-refractivity contribution in [2.24, 2.45) is 0 Å². The number of pyridine rings is 1. The number of hydrogen-bond acceptors (Lipinski definition) is 7. The molecular weight excluding hydrogens is 282 g/mol. The standard InChI is InChI=1S/C15H13N5O2/c1-9(11-8-17-6-7-18-11)19-12-13(15(22)14(12)21)20-10-2-4-16-5-3-10/h2-9,19H,1H3,(H,16,20). The van der Waals surface area contributed by atoms with E-state index in [1.54, 1.807) is 43.1 Å². The first-order valence-corrected chi connectivity index (χ1v) is 6.69. The summed E-state index contributed by atoms with van der Waals surface area (Å²) in [5.41, 5.74) is 0.826. The van der Waals surface area contributed by atoms with Crippen LogP contribution in [-0.2, 0) is 0 Å². The highest BCUT2D eigenvalue weighted by Crippen LogP contribution is 2.23. The van der Waals surface area contributed by atoms with E-state index >= 15 is 0 Å². The molecule has 0 spiro atoms. The van der Waals surface area contributed by atoms with Crippen molar-refractivity contribution >= 4 is 17.1 Å².